The van der Waals surface area contributed by atoms with E-state index in [0.717, 1.165) is 36.1 Å². The molecule has 5 nitrogen and oxygen atoms in total. The number of halogens is 1. The fraction of sp³-hybridized carbons (Fsp3) is 0.316. The summed E-state index contributed by atoms with van der Waals surface area (Å²) in [5.74, 6) is -1.52. The molecule has 1 aliphatic rings. The van der Waals surface area contributed by atoms with E-state index in [2.05, 4.69) is 5.32 Å². The van der Waals surface area contributed by atoms with Crippen molar-refractivity contribution in [3.8, 4) is 0 Å². The number of carboxylic acids is 1. The van der Waals surface area contributed by atoms with Gasteiger partial charge in [0.05, 0.1) is 5.56 Å². The number of fused-ring (bicyclic) bond motifs is 1. The number of carbonyl (C=O) groups excluding carboxylic acids is 2. The van der Waals surface area contributed by atoms with Gasteiger partial charge >= 0.3 is 5.97 Å². The number of carboxylic acid groups (broad SMARTS) is 1. The minimum atomic E-state index is -1.02. The Labute approximate surface area is 160 Å². The van der Waals surface area contributed by atoms with Crippen molar-refractivity contribution in [3.63, 3.8) is 0 Å². The second kappa shape index (κ2) is 8.01. The zero-order valence-electron chi connectivity index (χ0n) is 14.0. The second-order valence-electron chi connectivity index (χ2n) is 6.20. The van der Waals surface area contributed by atoms with Gasteiger partial charge in [-0.25, -0.2) is 4.79 Å². The summed E-state index contributed by atoms with van der Waals surface area (Å²) in [4.78, 5) is 37.0. The van der Waals surface area contributed by atoms with E-state index in [1.54, 1.807) is 24.3 Å². The Morgan fingerprint density at radius 3 is 2.46 bits per heavy atom. The highest BCUT2D eigenvalue weighted by Gasteiger charge is 2.26. The van der Waals surface area contributed by atoms with Crippen LogP contribution >= 0.6 is 22.9 Å². The molecule has 0 aliphatic heterocycles. The Bertz CT molecular complexity index is 857. The van der Waals surface area contributed by atoms with E-state index in [1.165, 1.54) is 11.3 Å². The largest absolute Gasteiger partial charge is 0.478 e. The van der Waals surface area contributed by atoms with Crippen LogP contribution in [0.2, 0.25) is 5.02 Å². The van der Waals surface area contributed by atoms with Crippen LogP contribution in [0.5, 0.6) is 0 Å². The number of thiophene rings is 1. The molecule has 2 aromatic rings. The summed E-state index contributed by atoms with van der Waals surface area (Å²) in [6.45, 7) is 0. The number of benzene rings is 1. The normalized spacial score (nSPS) is 13.1. The Morgan fingerprint density at radius 2 is 1.77 bits per heavy atom. The van der Waals surface area contributed by atoms with Crippen LogP contribution in [0.15, 0.2) is 24.3 Å². The summed E-state index contributed by atoms with van der Waals surface area (Å²) >= 11 is 7.13. The van der Waals surface area contributed by atoms with Gasteiger partial charge in [0.2, 0.25) is 5.91 Å². The fourth-order valence-electron chi connectivity index (χ4n) is 3.08. The minimum absolute atomic E-state index is 0.00306. The first kappa shape index (κ1) is 18.6. The van der Waals surface area contributed by atoms with Crippen LogP contribution in [-0.2, 0) is 17.6 Å². The molecule has 0 unspecified atom stereocenters. The van der Waals surface area contributed by atoms with Crippen molar-refractivity contribution in [2.24, 2.45) is 0 Å². The third kappa shape index (κ3) is 4.14. The van der Waals surface area contributed by atoms with Crippen LogP contribution in [0.4, 0.5) is 5.00 Å². The summed E-state index contributed by atoms with van der Waals surface area (Å²) in [5, 5.41) is 13.1. The summed E-state index contributed by atoms with van der Waals surface area (Å²) in [5.41, 5.74) is 1.56. The lowest BCUT2D eigenvalue weighted by atomic mass is 9.95. The van der Waals surface area contributed by atoms with E-state index < -0.39 is 5.97 Å². The van der Waals surface area contributed by atoms with Crippen LogP contribution < -0.4 is 5.32 Å². The Morgan fingerprint density at radius 1 is 1.08 bits per heavy atom. The van der Waals surface area contributed by atoms with Gasteiger partial charge in [0.1, 0.15) is 5.00 Å². The van der Waals surface area contributed by atoms with E-state index in [-0.39, 0.29) is 30.1 Å². The highest BCUT2D eigenvalue weighted by atomic mass is 35.5. The lowest BCUT2D eigenvalue weighted by Gasteiger charge is -2.10. The van der Waals surface area contributed by atoms with Gasteiger partial charge in [-0.2, -0.15) is 0 Å². The molecule has 1 aromatic carbocycles. The van der Waals surface area contributed by atoms with Crippen molar-refractivity contribution in [1.82, 2.24) is 0 Å². The number of aryl methyl sites for hydroxylation is 1. The molecule has 0 radical (unpaired) electrons. The van der Waals surface area contributed by atoms with Gasteiger partial charge in [-0.3, -0.25) is 9.59 Å². The highest BCUT2D eigenvalue weighted by molar-refractivity contribution is 7.17. The van der Waals surface area contributed by atoms with Gasteiger partial charge in [-0.1, -0.05) is 11.6 Å². The standard InChI is InChI=1S/C19H18ClNO4S/c20-12-7-5-11(6-8-12)14(22)9-10-16(23)21-18-17(19(24)25)13-3-1-2-4-15(13)26-18/h5-8H,1-4,9-10H2,(H,21,23)(H,24,25). The number of aromatic carboxylic acids is 1. The third-order valence-corrected chi connectivity index (χ3v) is 5.84. The Kier molecular flexibility index (Phi) is 5.74. The molecule has 0 bridgehead atoms. The number of anilines is 1. The van der Waals surface area contributed by atoms with Crippen molar-refractivity contribution < 1.29 is 19.5 Å². The lowest BCUT2D eigenvalue weighted by molar-refractivity contribution is -0.116. The first-order valence-corrected chi connectivity index (χ1v) is 9.61. The maximum Gasteiger partial charge on any atom is 0.339 e. The van der Waals surface area contributed by atoms with Crippen LogP contribution in [0, 0.1) is 0 Å². The third-order valence-electron chi connectivity index (χ3n) is 4.38. The lowest BCUT2D eigenvalue weighted by Crippen LogP contribution is -2.15. The molecule has 3 rings (SSSR count). The van der Waals surface area contributed by atoms with Gasteiger partial charge < -0.3 is 10.4 Å². The number of amides is 1. The number of nitrogens with one attached hydrogen (secondary N) is 1. The number of hydrogen-bond donors (Lipinski definition) is 2. The van der Waals surface area contributed by atoms with Gasteiger partial charge in [0, 0.05) is 28.3 Å². The first-order chi connectivity index (χ1) is 12.5. The van der Waals surface area contributed by atoms with Crippen molar-refractivity contribution in [3.05, 3.63) is 50.9 Å². The number of carbonyl (C=O) groups is 3. The number of hydrogen-bond acceptors (Lipinski definition) is 4. The predicted molar refractivity (Wildman–Crippen MR) is 102 cm³/mol. The van der Waals surface area contributed by atoms with E-state index >= 15 is 0 Å². The Hall–Kier alpha value is -2.18. The number of rotatable bonds is 6. The first-order valence-electron chi connectivity index (χ1n) is 8.42. The molecule has 0 fully saturated rings. The number of ketones is 1. The smallest absolute Gasteiger partial charge is 0.339 e. The molecular weight excluding hydrogens is 374 g/mol. The van der Waals surface area contributed by atoms with Crippen molar-refractivity contribution in [1.29, 1.82) is 0 Å². The molecule has 26 heavy (non-hydrogen) atoms. The van der Waals surface area contributed by atoms with E-state index in [9.17, 15) is 19.5 Å². The molecular formula is C19H18ClNO4S. The van der Waals surface area contributed by atoms with E-state index in [1.807, 2.05) is 0 Å². The predicted octanol–water partition coefficient (Wildman–Crippen LogP) is 4.58. The average molecular weight is 392 g/mol. The van der Waals surface area contributed by atoms with Crippen LogP contribution in [0.25, 0.3) is 0 Å². The molecule has 1 aromatic heterocycles. The van der Waals surface area contributed by atoms with Crippen LogP contribution in [0.3, 0.4) is 0 Å². The summed E-state index contributed by atoms with van der Waals surface area (Å²) in [7, 11) is 0. The van der Waals surface area contributed by atoms with Crippen LogP contribution in [-0.4, -0.2) is 22.8 Å². The summed E-state index contributed by atoms with van der Waals surface area (Å²) in [6, 6.07) is 6.51. The monoisotopic (exact) mass is 391 g/mol. The van der Waals surface area contributed by atoms with Crippen LogP contribution in [0.1, 0.15) is 56.8 Å². The number of Topliss-reactive ketones (excluding diaryl/α,β-unsaturated/α-hetero) is 1. The van der Waals surface area contributed by atoms with Crippen molar-refractivity contribution in [2.45, 2.75) is 38.5 Å². The summed E-state index contributed by atoms with van der Waals surface area (Å²) < 4.78 is 0. The maximum absolute atomic E-state index is 12.2. The average Bonchev–Trinajstić information content (AvgIpc) is 2.98. The van der Waals surface area contributed by atoms with Gasteiger partial charge in [0.25, 0.3) is 0 Å². The SMILES string of the molecule is O=C(CCC(=O)c1ccc(Cl)cc1)Nc1sc2c(c1C(=O)O)CCCC2. The maximum atomic E-state index is 12.2. The highest BCUT2D eigenvalue weighted by Crippen LogP contribution is 2.38. The molecule has 2 N–H and O–H groups in total. The topological polar surface area (TPSA) is 83.5 Å². The van der Waals surface area contributed by atoms with E-state index in [0.29, 0.717) is 15.6 Å². The second-order valence-corrected chi connectivity index (χ2v) is 7.74. The molecule has 0 atom stereocenters. The van der Waals surface area contributed by atoms with Crippen molar-refractivity contribution in [2.75, 3.05) is 5.32 Å². The molecule has 0 saturated heterocycles. The molecule has 0 spiro atoms. The molecule has 1 heterocycles. The molecule has 1 aliphatic carbocycles. The molecule has 1 amide bonds. The van der Waals surface area contributed by atoms with Gasteiger partial charge in [-0.15, -0.1) is 11.3 Å². The van der Waals surface area contributed by atoms with Gasteiger partial charge in [0.15, 0.2) is 5.78 Å². The minimum Gasteiger partial charge on any atom is -0.478 e. The van der Waals surface area contributed by atoms with E-state index in [4.69, 9.17) is 11.6 Å². The zero-order chi connectivity index (χ0) is 18.7. The fourth-order valence-corrected chi connectivity index (χ4v) is 4.50. The quantitative estimate of drug-likeness (QED) is 0.706. The zero-order valence-corrected chi connectivity index (χ0v) is 15.6. The summed E-state index contributed by atoms with van der Waals surface area (Å²) in [6.07, 6.45) is 3.65. The Balaban J connectivity index is 1.65. The molecule has 0 saturated carbocycles. The molecule has 7 heteroatoms. The van der Waals surface area contributed by atoms with Crippen molar-refractivity contribution >= 4 is 45.6 Å². The van der Waals surface area contributed by atoms with Gasteiger partial charge in [-0.05, 0) is 55.5 Å². The molecule has 136 valence electrons.